The van der Waals surface area contributed by atoms with E-state index in [-0.39, 0.29) is 11.4 Å². The molecule has 0 unspecified atom stereocenters. The molecule has 1 N–H and O–H groups in total. The van der Waals surface area contributed by atoms with E-state index in [4.69, 9.17) is 4.42 Å². The average Bonchev–Trinajstić information content (AvgIpc) is 2.76. The van der Waals surface area contributed by atoms with Gasteiger partial charge in [0.25, 0.3) is 0 Å². The third-order valence-electron chi connectivity index (χ3n) is 2.87. The van der Waals surface area contributed by atoms with Gasteiger partial charge in [0.15, 0.2) is 0 Å². The summed E-state index contributed by atoms with van der Waals surface area (Å²) in [5.74, 6) is 1.06. The lowest BCUT2D eigenvalue weighted by atomic mass is 10.2. The molecule has 0 saturated carbocycles. The number of alkyl halides is 1. The summed E-state index contributed by atoms with van der Waals surface area (Å²) in [6.45, 7) is 3.65. The van der Waals surface area contributed by atoms with Gasteiger partial charge in [-0.2, -0.15) is 0 Å². The number of benzene rings is 1. The Morgan fingerprint density at radius 2 is 1.90 bits per heavy atom. The summed E-state index contributed by atoms with van der Waals surface area (Å²) in [6.07, 6.45) is 0. The van der Waals surface area contributed by atoms with Crippen LogP contribution in [0.5, 0.6) is 0 Å². The Balaban J connectivity index is 2.10. The van der Waals surface area contributed by atoms with Gasteiger partial charge in [-0.1, -0.05) is 28.1 Å². The topological polar surface area (TPSA) is 72.2 Å². The lowest BCUT2D eigenvalue weighted by Crippen LogP contribution is -2.23. The van der Waals surface area contributed by atoms with Crippen molar-refractivity contribution < 1.29 is 12.8 Å². The highest BCUT2D eigenvalue weighted by molar-refractivity contribution is 9.08. The van der Waals surface area contributed by atoms with E-state index in [9.17, 15) is 8.42 Å². The first-order valence-electron chi connectivity index (χ1n) is 6.00. The SMILES string of the molecule is Cc1nc(CNS(=O)(=O)c2ccc(CBr)cc2)oc1C. The minimum Gasteiger partial charge on any atom is -0.444 e. The minimum atomic E-state index is -3.55. The van der Waals surface area contributed by atoms with Crippen molar-refractivity contribution in [1.29, 1.82) is 0 Å². The highest BCUT2D eigenvalue weighted by Crippen LogP contribution is 2.14. The van der Waals surface area contributed by atoms with Gasteiger partial charge in [-0.15, -0.1) is 0 Å². The normalized spacial score (nSPS) is 11.8. The van der Waals surface area contributed by atoms with Gasteiger partial charge in [-0.3, -0.25) is 0 Å². The van der Waals surface area contributed by atoms with Gasteiger partial charge < -0.3 is 4.42 Å². The van der Waals surface area contributed by atoms with Gasteiger partial charge in [-0.05, 0) is 31.5 Å². The lowest BCUT2D eigenvalue weighted by Gasteiger charge is -2.05. The molecular formula is C13H15BrN2O3S. The van der Waals surface area contributed by atoms with E-state index in [2.05, 4.69) is 25.6 Å². The molecule has 7 heteroatoms. The van der Waals surface area contributed by atoms with E-state index in [1.165, 1.54) is 0 Å². The second-order valence-electron chi connectivity index (χ2n) is 4.35. The molecule has 5 nitrogen and oxygen atoms in total. The Kier molecular flexibility index (Phi) is 4.62. The Morgan fingerprint density at radius 3 is 2.40 bits per heavy atom. The maximum atomic E-state index is 12.1. The molecule has 0 atom stereocenters. The lowest BCUT2D eigenvalue weighted by molar-refractivity contribution is 0.463. The minimum absolute atomic E-state index is 0.0389. The summed E-state index contributed by atoms with van der Waals surface area (Å²) >= 11 is 3.32. The number of oxazole rings is 1. The molecule has 0 aliphatic heterocycles. The molecule has 0 bridgehead atoms. The van der Waals surface area contributed by atoms with Crippen molar-refractivity contribution in [1.82, 2.24) is 9.71 Å². The van der Waals surface area contributed by atoms with Crippen LogP contribution >= 0.6 is 15.9 Å². The summed E-state index contributed by atoms with van der Waals surface area (Å²) in [5, 5.41) is 0.690. The largest absolute Gasteiger partial charge is 0.444 e. The number of hydrogen-bond donors (Lipinski definition) is 1. The number of sulfonamides is 1. The zero-order chi connectivity index (χ0) is 14.8. The predicted molar refractivity (Wildman–Crippen MR) is 79.1 cm³/mol. The van der Waals surface area contributed by atoms with Gasteiger partial charge in [-0.25, -0.2) is 18.1 Å². The molecule has 20 heavy (non-hydrogen) atoms. The van der Waals surface area contributed by atoms with Crippen LogP contribution in [0.1, 0.15) is 22.9 Å². The monoisotopic (exact) mass is 358 g/mol. The highest BCUT2D eigenvalue weighted by atomic mass is 79.9. The van der Waals surface area contributed by atoms with Crippen LogP contribution < -0.4 is 4.72 Å². The first-order chi connectivity index (χ1) is 9.42. The number of rotatable bonds is 5. The van der Waals surface area contributed by atoms with Crippen molar-refractivity contribution >= 4 is 26.0 Å². The summed E-state index contributed by atoms with van der Waals surface area (Å²) in [5.41, 5.74) is 1.78. The molecule has 0 radical (unpaired) electrons. The first-order valence-corrected chi connectivity index (χ1v) is 8.60. The van der Waals surface area contributed by atoms with Crippen molar-refractivity contribution in [2.45, 2.75) is 30.6 Å². The molecule has 0 aliphatic carbocycles. The molecule has 0 fully saturated rings. The Labute approximate surface area is 126 Å². The van der Waals surface area contributed by atoms with Crippen molar-refractivity contribution in [3.8, 4) is 0 Å². The number of nitrogens with one attached hydrogen (secondary N) is 1. The maximum Gasteiger partial charge on any atom is 0.241 e. The van der Waals surface area contributed by atoms with E-state index in [1.54, 1.807) is 31.2 Å². The van der Waals surface area contributed by atoms with Crippen molar-refractivity contribution in [3.05, 3.63) is 47.2 Å². The van der Waals surface area contributed by atoms with Crippen LogP contribution in [-0.2, 0) is 21.9 Å². The van der Waals surface area contributed by atoms with Crippen LogP contribution in [0.3, 0.4) is 0 Å². The van der Waals surface area contributed by atoms with Crippen LogP contribution in [0, 0.1) is 13.8 Å². The van der Waals surface area contributed by atoms with Crippen molar-refractivity contribution in [2.75, 3.05) is 0 Å². The van der Waals surface area contributed by atoms with E-state index in [0.717, 1.165) is 11.3 Å². The molecule has 2 rings (SSSR count). The van der Waals surface area contributed by atoms with Crippen molar-refractivity contribution in [2.24, 2.45) is 0 Å². The smallest absolute Gasteiger partial charge is 0.241 e. The van der Waals surface area contributed by atoms with Crippen LogP contribution in [-0.4, -0.2) is 13.4 Å². The van der Waals surface area contributed by atoms with Crippen LogP contribution in [0.15, 0.2) is 33.6 Å². The van der Waals surface area contributed by atoms with Crippen molar-refractivity contribution in [3.63, 3.8) is 0 Å². The second-order valence-corrected chi connectivity index (χ2v) is 6.68. The van der Waals surface area contributed by atoms with E-state index in [0.29, 0.717) is 17.0 Å². The Morgan fingerprint density at radius 1 is 1.25 bits per heavy atom. The average molecular weight is 359 g/mol. The Hall–Kier alpha value is -1.18. The molecule has 0 amide bonds. The molecule has 108 valence electrons. The molecule has 0 spiro atoms. The van der Waals surface area contributed by atoms with Crippen LogP contribution in [0.25, 0.3) is 0 Å². The number of nitrogens with zero attached hydrogens (tertiary/aromatic N) is 1. The van der Waals surface area contributed by atoms with E-state index >= 15 is 0 Å². The van der Waals surface area contributed by atoms with E-state index < -0.39 is 10.0 Å². The number of hydrogen-bond acceptors (Lipinski definition) is 4. The van der Waals surface area contributed by atoms with Crippen LogP contribution in [0.2, 0.25) is 0 Å². The number of aromatic nitrogens is 1. The van der Waals surface area contributed by atoms with Gasteiger partial charge in [0.2, 0.25) is 15.9 Å². The predicted octanol–water partition coefficient (Wildman–Crippen LogP) is 2.66. The standard InChI is InChI=1S/C13H15BrN2O3S/c1-9-10(2)19-13(16-9)8-15-20(17,18)12-5-3-11(7-14)4-6-12/h3-6,15H,7-8H2,1-2H3. The molecular weight excluding hydrogens is 344 g/mol. The summed E-state index contributed by atoms with van der Waals surface area (Å²) < 4.78 is 32.0. The second kappa shape index (κ2) is 6.07. The number of halogens is 1. The first kappa shape index (κ1) is 15.2. The Bertz CT molecular complexity index is 673. The summed E-state index contributed by atoms with van der Waals surface area (Å²) in [7, 11) is -3.55. The molecule has 1 aromatic carbocycles. The fraction of sp³-hybridized carbons (Fsp3) is 0.308. The fourth-order valence-corrected chi connectivity index (χ4v) is 2.96. The van der Waals surface area contributed by atoms with E-state index in [1.807, 2.05) is 6.92 Å². The molecule has 0 saturated heterocycles. The maximum absolute atomic E-state index is 12.1. The summed E-state index contributed by atoms with van der Waals surface area (Å²) in [6, 6.07) is 6.68. The molecule has 0 aliphatic rings. The zero-order valence-electron chi connectivity index (χ0n) is 11.2. The van der Waals surface area contributed by atoms with Gasteiger partial charge in [0.05, 0.1) is 17.1 Å². The summed E-state index contributed by atoms with van der Waals surface area (Å²) in [4.78, 5) is 4.36. The quantitative estimate of drug-likeness (QED) is 0.834. The van der Waals surface area contributed by atoms with Crippen LogP contribution in [0.4, 0.5) is 0 Å². The molecule has 1 aromatic heterocycles. The third-order valence-corrected chi connectivity index (χ3v) is 4.94. The van der Waals surface area contributed by atoms with Gasteiger partial charge in [0, 0.05) is 5.33 Å². The molecule has 2 aromatic rings. The third kappa shape index (κ3) is 3.47. The fourth-order valence-electron chi connectivity index (χ4n) is 1.61. The zero-order valence-corrected chi connectivity index (χ0v) is 13.6. The number of aryl methyl sites for hydroxylation is 2. The van der Waals surface area contributed by atoms with Gasteiger partial charge >= 0.3 is 0 Å². The van der Waals surface area contributed by atoms with Gasteiger partial charge in [0.1, 0.15) is 5.76 Å². The highest BCUT2D eigenvalue weighted by Gasteiger charge is 2.15. The molecule has 1 heterocycles.